The molecule has 0 spiro atoms. The van der Waals surface area contributed by atoms with Crippen LogP contribution in [0.3, 0.4) is 0 Å². The van der Waals surface area contributed by atoms with Crippen LogP contribution in [-0.2, 0) is 4.79 Å². The average molecular weight is 273 g/mol. The molecule has 20 heavy (non-hydrogen) atoms. The molecule has 5 heteroatoms. The number of benzene rings is 1. The lowest BCUT2D eigenvalue weighted by atomic mass is 10.2. The Morgan fingerprint density at radius 3 is 3.05 bits per heavy atom. The van der Waals surface area contributed by atoms with Crippen molar-refractivity contribution in [1.82, 2.24) is 10.3 Å². The van der Waals surface area contributed by atoms with Gasteiger partial charge < -0.3 is 15.1 Å². The van der Waals surface area contributed by atoms with Crippen LogP contribution in [0.4, 0.5) is 5.69 Å². The second-order valence-electron chi connectivity index (χ2n) is 5.26. The molecular formula is C15H19N3O2. The molecule has 1 aliphatic carbocycles. The molecule has 1 heterocycles. The normalized spacial score (nSPS) is 14.7. The van der Waals surface area contributed by atoms with Crippen molar-refractivity contribution in [3.05, 3.63) is 24.1 Å². The summed E-state index contributed by atoms with van der Waals surface area (Å²) in [7, 11) is 1.88. The van der Waals surface area contributed by atoms with Gasteiger partial charge in [0.15, 0.2) is 11.5 Å². The van der Waals surface area contributed by atoms with Gasteiger partial charge >= 0.3 is 0 Å². The smallest absolute Gasteiger partial charge is 0.224 e. The molecule has 2 N–H and O–H groups in total. The molecule has 0 aliphatic heterocycles. The van der Waals surface area contributed by atoms with Gasteiger partial charge in [0.2, 0.25) is 5.91 Å². The number of nitrogens with zero attached hydrogens (tertiary/aromatic N) is 1. The predicted octanol–water partition coefficient (Wildman–Crippen LogP) is 2.64. The van der Waals surface area contributed by atoms with E-state index in [1.807, 2.05) is 25.2 Å². The summed E-state index contributed by atoms with van der Waals surface area (Å²) in [6.07, 6.45) is 3.69. The number of carbonyl (C=O) groups is 1. The second-order valence-corrected chi connectivity index (χ2v) is 5.26. The Balaban J connectivity index is 1.67. The maximum absolute atomic E-state index is 11.8. The van der Waals surface area contributed by atoms with Crippen LogP contribution in [0, 0.1) is 0 Å². The van der Waals surface area contributed by atoms with Gasteiger partial charge in [-0.2, -0.15) is 0 Å². The molecule has 0 unspecified atom stereocenters. The number of fused-ring (bicyclic) bond motifs is 1. The fourth-order valence-corrected chi connectivity index (χ4v) is 2.17. The molecular weight excluding hydrogens is 254 g/mol. The third kappa shape index (κ3) is 2.99. The third-order valence-electron chi connectivity index (χ3n) is 3.45. The van der Waals surface area contributed by atoms with E-state index in [0.717, 1.165) is 35.6 Å². The van der Waals surface area contributed by atoms with Crippen molar-refractivity contribution in [3.63, 3.8) is 0 Å². The molecule has 1 aliphatic rings. The lowest BCUT2D eigenvalue weighted by molar-refractivity contribution is -0.116. The van der Waals surface area contributed by atoms with Gasteiger partial charge in [0.05, 0.1) is 0 Å². The van der Waals surface area contributed by atoms with E-state index in [1.54, 1.807) is 0 Å². The SMILES string of the molecule is CNCCCC(=O)Nc1ccc2nc(C3CC3)oc2c1. The zero-order valence-electron chi connectivity index (χ0n) is 11.6. The van der Waals surface area contributed by atoms with Gasteiger partial charge in [0.25, 0.3) is 0 Å². The highest BCUT2D eigenvalue weighted by Crippen LogP contribution is 2.40. The number of hydrogen-bond donors (Lipinski definition) is 2. The first kappa shape index (κ1) is 13.1. The number of oxazole rings is 1. The Kier molecular flexibility index (Phi) is 3.69. The summed E-state index contributed by atoms with van der Waals surface area (Å²) in [5, 5.41) is 5.92. The molecule has 0 saturated heterocycles. The van der Waals surface area contributed by atoms with Gasteiger partial charge in [-0.25, -0.2) is 4.98 Å². The fraction of sp³-hybridized carbons (Fsp3) is 0.467. The molecule has 0 atom stereocenters. The lowest BCUT2D eigenvalue weighted by Gasteiger charge is -2.04. The highest BCUT2D eigenvalue weighted by atomic mass is 16.3. The van der Waals surface area contributed by atoms with Crippen LogP contribution in [0.5, 0.6) is 0 Å². The Morgan fingerprint density at radius 1 is 1.45 bits per heavy atom. The van der Waals surface area contributed by atoms with Crippen LogP contribution >= 0.6 is 0 Å². The standard InChI is InChI=1S/C15H19N3O2/c1-16-8-2-3-14(19)17-11-6-7-12-13(9-11)20-15(18-12)10-4-5-10/h6-7,9-10,16H,2-5,8H2,1H3,(H,17,19). The average Bonchev–Trinajstić information content (AvgIpc) is 3.19. The fourth-order valence-electron chi connectivity index (χ4n) is 2.17. The largest absolute Gasteiger partial charge is 0.440 e. The molecule has 1 saturated carbocycles. The topological polar surface area (TPSA) is 67.2 Å². The summed E-state index contributed by atoms with van der Waals surface area (Å²) in [4.78, 5) is 16.2. The minimum Gasteiger partial charge on any atom is -0.440 e. The molecule has 1 aromatic carbocycles. The van der Waals surface area contributed by atoms with Crippen LogP contribution < -0.4 is 10.6 Å². The van der Waals surface area contributed by atoms with Crippen molar-refractivity contribution in [2.45, 2.75) is 31.6 Å². The monoisotopic (exact) mass is 273 g/mol. The maximum atomic E-state index is 11.8. The summed E-state index contributed by atoms with van der Waals surface area (Å²) in [5.41, 5.74) is 2.38. The van der Waals surface area contributed by atoms with Gasteiger partial charge in [-0.15, -0.1) is 0 Å². The summed E-state index contributed by atoms with van der Waals surface area (Å²) < 4.78 is 5.74. The first-order valence-electron chi connectivity index (χ1n) is 7.11. The number of nitrogens with one attached hydrogen (secondary N) is 2. The van der Waals surface area contributed by atoms with Gasteiger partial charge in [-0.1, -0.05) is 0 Å². The number of anilines is 1. The van der Waals surface area contributed by atoms with Crippen molar-refractivity contribution in [2.75, 3.05) is 18.9 Å². The van der Waals surface area contributed by atoms with Crippen LogP contribution in [0.15, 0.2) is 22.6 Å². The van der Waals surface area contributed by atoms with E-state index >= 15 is 0 Å². The van der Waals surface area contributed by atoms with Gasteiger partial charge in [0, 0.05) is 24.1 Å². The first-order valence-corrected chi connectivity index (χ1v) is 7.11. The van der Waals surface area contributed by atoms with Crippen molar-refractivity contribution in [2.24, 2.45) is 0 Å². The minimum atomic E-state index is 0.0292. The number of amides is 1. The molecule has 0 radical (unpaired) electrons. The Hall–Kier alpha value is -1.88. The molecule has 5 nitrogen and oxygen atoms in total. The quantitative estimate of drug-likeness (QED) is 0.794. The van der Waals surface area contributed by atoms with E-state index in [-0.39, 0.29) is 5.91 Å². The minimum absolute atomic E-state index is 0.0292. The Bertz CT molecular complexity index is 617. The second kappa shape index (κ2) is 5.63. The molecule has 1 fully saturated rings. The summed E-state index contributed by atoms with van der Waals surface area (Å²) in [5.74, 6) is 1.36. The van der Waals surface area contributed by atoms with Crippen molar-refractivity contribution < 1.29 is 9.21 Å². The zero-order chi connectivity index (χ0) is 13.9. The van der Waals surface area contributed by atoms with E-state index in [2.05, 4.69) is 15.6 Å². The molecule has 2 aromatic rings. The van der Waals surface area contributed by atoms with E-state index in [9.17, 15) is 4.79 Å². The van der Waals surface area contributed by atoms with E-state index in [4.69, 9.17) is 4.42 Å². The Labute approximate surface area is 117 Å². The highest BCUT2D eigenvalue weighted by molar-refractivity contribution is 5.92. The molecule has 1 amide bonds. The molecule has 3 rings (SSSR count). The number of rotatable bonds is 6. The Morgan fingerprint density at radius 2 is 2.30 bits per heavy atom. The van der Waals surface area contributed by atoms with E-state index in [0.29, 0.717) is 12.3 Å². The predicted molar refractivity (Wildman–Crippen MR) is 77.8 cm³/mol. The van der Waals surface area contributed by atoms with Crippen LogP contribution in [0.1, 0.15) is 37.5 Å². The van der Waals surface area contributed by atoms with Crippen molar-refractivity contribution in [1.29, 1.82) is 0 Å². The lowest BCUT2D eigenvalue weighted by Crippen LogP contribution is -2.15. The molecule has 106 valence electrons. The summed E-state index contributed by atoms with van der Waals surface area (Å²) in [6, 6.07) is 5.62. The van der Waals surface area contributed by atoms with Crippen molar-refractivity contribution >= 4 is 22.7 Å². The van der Waals surface area contributed by atoms with Crippen LogP contribution in [-0.4, -0.2) is 24.5 Å². The van der Waals surface area contributed by atoms with Gasteiger partial charge in [-0.3, -0.25) is 4.79 Å². The number of aromatic nitrogens is 1. The van der Waals surface area contributed by atoms with Gasteiger partial charge in [0.1, 0.15) is 5.52 Å². The van der Waals surface area contributed by atoms with Crippen molar-refractivity contribution in [3.8, 4) is 0 Å². The van der Waals surface area contributed by atoms with E-state index < -0.39 is 0 Å². The molecule has 0 bridgehead atoms. The molecule has 1 aromatic heterocycles. The summed E-state index contributed by atoms with van der Waals surface area (Å²) in [6.45, 7) is 0.847. The van der Waals surface area contributed by atoms with Crippen LogP contribution in [0.2, 0.25) is 0 Å². The number of hydrogen-bond acceptors (Lipinski definition) is 4. The zero-order valence-corrected chi connectivity index (χ0v) is 11.6. The number of carbonyl (C=O) groups excluding carboxylic acids is 1. The maximum Gasteiger partial charge on any atom is 0.224 e. The summed E-state index contributed by atoms with van der Waals surface area (Å²) >= 11 is 0. The highest BCUT2D eigenvalue weighted by Gasteiger charge is 2.28. The van der Waals surface area contributed by atoms with Gasteiger partial charge in [-0.05, 0) is 45.0 Å². The van der Waals surface area contributed by atoms with E-state index in [1.165, 1.54) is 12.8 Å². The first-order chi connectivity index (χ1) is 9.76. The van der Waals surface area contributed by atoms with Crippen LogP contribution in [0.25, 0.3) is 11.1 Å². The third-order valence-corrected chi connectivity index (χ3v) is 3.45.